The highest BCUT2D eigenvalue weighted by Gasteiger charge is 2.24. The van der Waals surface area contributed by atoms with Gasteiger partial charge in [0, 0.05) is 13.1 Å². The average molecular weight is 259 g/mol. The molecule has 1 atom stereocenters. The third kappa shape index (κ3) is 2.45. The zero-order valence-corrected chi connectivity index (χ0v) is 10.9. The Hall–Kier alpha value is -0.440. The van der Waals surface area contributed by atoms with Gasteiger partial charge in [0.2, 0.25) is 0 Å². The highest BCUT2D eigenvalue weighted by Crippen LogP contribution is 2.36. The van der Waals surface area contributed by atoms with E-state index in [-0.39, 0.29) is 0 Å². The third-order valence-corrected chi connectivity index (χ3v) is 3.64. The minimum Gasteiger partial charge on any atom is -0.369 e. The van der Waals surface area contributed by atoms with Gasteiger partial charge in [0.1, 0.15) is 0 Å². The number of nitrogens with zero attached hydrogens (tertiary/aromatic N) is 1. The van der Waals surface area contributed by atoms with Gasteiger partial charge in [-0.2, -0.15) is 0 Å². The lowest BCUT2D eigenvalue weighted by Crippen LogP contribution is -2.24. The minimum absolute atomic E-state index is 0.692. The summed E-state index contributed by atoms with van der Waals surface area (Å²) in [5.41, 5.74) is 0.990. The average Bonchev–Trinajstić information content (AvgIpc) is 2.67. The van der Waals surface area contributed by atoms with Crippen molar-refractivity contribution in [3.8, 4) is 0 Å². The summed E-state index contributed by atoms with van der Waals surface area (Å²) >= 11 is 12.4. The standard InChI is InChI=1S/C12H16Cl2N2/c1-15-7-9-5-6-16(8-9)12-10(13)3-2-4-11(12)14/h2-4,9,15H,5-8H2,1H3. The first-order valence-corrected chi connectivity index (χ1v) is 6.31. The molecule has 1 heterocycles. The molecule has 1 fully saturated rings. The molecule has 1 unspecified atom stereocenters. The van der Waals surface area contributed by atoms with Gasteiger partial charge in [-0.15, -0.1) is 0 Å². The molecule has 1 aromatic carbocycles. The van der Waals surface area contributed by atoms with E-state index in [2.05, 4.69) is 10.2 Å². The van der Waals surface area contributed by atoms with Crippen LogP contribution in [0.3, 0.4) is 0 Å². The molecule has 0 aliphatic carbocycles. The molecule has 0 aromatic heterocycles. The number of halogens is 2. The summed E-state index contributed by atoms with van der Waals surface area (Å²) in [6.45, 7) is 3.12. The number of para-hydroxylation sites is 1. The Morgan fingerprint density at radius 1 is 1.38 bits per heavy atom. The molecule has 1 aliphatic rings. The highest BCUT2D eigenvalue weighted by atomic mass is 35.5. The first-order valence-electron chi connectivity index (χ1n) is 5.56. The summed E-state index contributed by atoms with van der Waals surface area (Å²) in [6.07, 6.45) is 1.20. The van der Waals surface area contributed by atoms with Gasteiger partial charge < -0.3 is 10.2 Å². The quantitative estimate of drug-likeness (QED) is 0.897. The van der Waals surface area contributed by atoms with Crippen LogP contribution in [0, 0.1) is 5.92 Å². The summed E-state index contributed by atoms with van der Waals surface area (Å²) in [5, 5.41) is 4.71. The van der Waals surface area contributed by atoms with Crippen molar-refractivity contribution in [1.82, 2.24) is 5.32 Å². The molecule has 1 N–H and O–H groups in total. The number of hydrogen-bond acceptors (Lipinski definition) is 2. The number of hydrogen-bond donors (Lipinski definition) is 1. The van der Waals surface area contributed by atoms with Gasteiger partial charge in [-0.3, -0.25) is 0 Å². The Balaban J connectivity index is 2.14. The summed E-state index contributed by atoms with van der Waals surface area (Å²) in [5.74, 6) is 0.692. The van der Waals surface area contributed by atoms with Gasteiger partial charge in [0.15, 0.2) is 0 Å². The molecule has 4 heteroatoms. The fourth-order valence-electron chi connectivity index (χ4n) is 2.28. The van der Waals surface area contributed by atoms with Crippen LogP contribution in [0.1, 0.15) is 6.42 Å². The van der Waals surface area contributed by atoms with E-state index in [9.17, 15) is 0 Å². The molecule has 2 rings (SSSR count). The zero-order valence-electron chi connectivity index (χ0n) is 9.34. The summed E-state index contributed by atoms with van der Waals surface area (Å²) < 4.78 is 0. The third-order valence-electron chi connectivity index (χ3n) is 3.03. The Kier molecular flexibility index (Phi) is 3.95. The topological polar surface area (TPSA) is 15.3 Å². The largest absolute Gasteiger partial charge is 0.369 e. The Labute approximate surface area is 107 Å². The molecule has 1 aromatic rings. The van der Waals surface area contributed by atoms with Crippen LogP contribution >= 0.6 is 23.2 Å². The van der Waals surface area contributed by atoms with Crippen molar-refractivity contribution in [2.24, 2.45) is 5.92 Å². The summed E-state index contributed by atoms with van der Waals surface area (Å²) in [7, 11) is 1.99. The van der Waals surface area contributed by atoms with Gasteiger partial charge >= 0.3 is 0 Å². The maximum absolute atomic E-state index is 6.19. The fraction of sp³-hybridized carbons (Fsp3) is 0.500. The van der Waals surface area contributed by atoms with Crippen molar-refractivity contribution in [1.29, 1.82) is 0 Å². The van der Waals surface area contributed by atoms with E-state index < -0.39 is 0 Å². The smallest absolute Gasteiger partial charge is 0.0745 e. The van der Waals surface area contributed by atoms with Crippen molar-refractivity contribution in [3.05, 3.63) is 28.2 Å². The van der Waals surface area contributed by atoms with Gasteiger partial charge in [0.05, 0.1) is 15.7 Å². The minimum atomic E-state index is 0.692. The van der Waals surface area contributed by atoms with Crippen molar-refractivity contribution in [2.45, 2.75) is 6.42 Å². The monoisotopic (exact) mass is 258 g/mol. The number of rotatable bonds is 3. The molecule has 0 amide bonds. The van der Waals surface area contributed by atoms with Crippen molar-refractivity contribution >= 4 is 28.9 Å². The Morgan fingerprint density at radius 3 is 2.69 bits per heavy atom. The van der Waals surface area contributed by atoms with E-state index in [1.807, 2.05) is 25.2 Å². The van der Waals surface area contributed by atoms with Crippen molar-refractivity contribution in [3.63, 3.8) is 0 Å². The van der Waals surface area contributed by atoms with Crippen molar-refractivity contribution < 1.29 is 0 Å². The highest BCUT2D eigenvalue weighted by molar-refractivity contribution is 6.39. The van der Waals surface area contributed by atoms with Gasteiger partial charge in [-0.1, -0.05) is 29.3 Å². The lowest BCUT2D eigenvalue weighted by atomic mass is 10.1. The predicted molar refractivity (Wildman–Crippen MR) is 70.7 cm³/mol. The van der Waals surface area contributed by atoms with E-state index in [0.29, 0.717) is 5.92 Å². The van der Waals surface area contributed by atoms with Crippen LogP contribution in [0.5, 0.6) is 0 Å². The molecular weight excluding hydrogens is 243 g/mol. The van der Waals surface area contributed by atoms with E-state index in [1.165, 1.54) is 6.42 Å². The van der Waals surface area contributed by atoms with E-state index >= 15 is 0 Å². The van der Waals surface area contributed by atoms with E-state index in [1.54, 1.807) is 0 Å². The van der Waals surface area contributed by atoms with Crippen LogP contribution in [0.25, 0.3) is 0 Å². The zero-order chi connectivity index (χ0) is 11.5. The van der Waals surface area contributed by atoms with Gasteiger partial charge in [-0.05, 0) is 38.1 Å². The molecule has 0 spiro atoms. The van der Waals surface area contributed by atoms with Crippen LogP contribution in [0.4, 0.5) is 5.69 Å². The first-order chi connectivity index (χ1) is 7.72. The Bertz CT molecular complexity index is 348. The maximum atomic E-state index is 6.19. The van der Waals surface area contributed by atoms with Crippen LogP contribution in [0.15, 0.2) is 18.2 Å². The van der Waals surface area contributed by atoms with E-state index in [4.69, 9.17) is 23.2 Å². The summed E-state index contributed by atoms with van der Waals surface area (Å²) in [4.78, 5) is 2.28. The fourth-order valence-corrected chi connectivity index (χ4v) is 2.92. The second-order valence-electron chi connectivity index (χ2n) is 4.23. The lowest BCUT2D eigenvalue weighted by molar-refractivity contribution is 0.549. The molecule has 1 saturated heterocycles. The molecule has 0 saturated carbocycles. The SMILES string of the molecule is CNCC1CCN(c2c(Cl)cccc2Cl)C1. The van der Waals surface area contributed by atoms with Crippen LogP contribution in [0.2, 0.25) is 10.0 Å². The van der Waals surface area contributed by atoms with Crippen LogP contribution < -0.4 is 10.2 Å². The molecule has 0 radical (unpaired) electrons. The normalized spacial score (nSPS) is 20.4. The molecular formula is C12H16Cl2N2. The number of nitrogens with one attached hydrogen (secondary N) is 1. The van der Waals surface area contributed by atoms with E-state index in [0.717, 1.165) is 35.4 Å². The lowest BCUT2D eigenvalue weighted by Gasteiger charge is -2.21. The van der Waals surface area contributed by atoms with Crippen molar-refractivity contribution in [2.75, 3.05) is 31.6 Å². The second-order valence-corrected chi connectivity index (χ2v) is 5.04. The maximum Gasteiger partial charge on any atom is 0.0745 e. The van der Waals surface area contributed by atoms with Crippen LogP contribution in [-0.4, -0.2) is 26.7 Å². The second kappa shape index (κ2) is 5.26. The van der Waals surface area contributed by atoms with Gasteiger partial charge in [0.25, 0.3) is 0 Å². The Morgan fingerprint density at radius 2 is 2.06 bits per heavy atom. The molecule has 1 aliphatic heterocycles. The number of anilines is 1. The molecule has 0 bridgehead atoms. The van der Waals surface area contributed by atoms with Crippen LogP contribution in [-0.2, 0) is 0 Å². The predicted octanol–water partition coefficient (Wildman–Crippen LogP) is 3.04. The molecule has 16 heavy (non-hydrogen) atoms. The van der Waals surface area contributed by atoms with Gasteiger partial charge in [-0.25, -0.2) is 0 Å². The summed E-state index contributed by atoms with van der Waals surface area (Å²) in [6, 6.07) is 5.68. The molecule has 2 nitrogen and oxygen atoms in total. The number of benzene rings is 1. The first kappa shape index (κ1) is 12.0. The molecule has 88 valence electrons.